The summed E-state index contributed by atoms with van der Waals surface area (Å²) in [5.74, 6) is 1.04. The molecule has 6 nitrogen and oxygen atoms in total. The van der Waals surface area contributed by atoms with Gasteiger partial charge >= 0.3 is 0 Å². The number of allylic oxidation sites excluding steroid dienone is 4. The number of halogens is 1. The van der Waals surface area contributed by atoms with Crippen LogP contribution in [0.2, 0.25) is 0 Å². The fourth-order valence-corrected chi connectivity index (χ4v) is 7.01. The summed E-state index contributed by atoms with van der Waals surface area (Å²) in [6, 6.07) is 13.9. The second-order valence-electron chi connectivity index (χ2n) is 13.4. The van der Waals surface area contributed by atoms with Crippen molar-refractivity contribution in [2.75, 3.05) is 27.4 Å². The number of nitrogens with zero attached hydrogens (tertiary/aromatic N) is 1. The Balaban J connectivity index is 1.60. The van der Waals surface area contributed by atoms with E-state index < -0.39 is 5.92 Å². The Morgan fingerprint density at radius 1 is 0.833 bits per heavy atom. The van der Waals surface area contributed by atoms with Crippen LogP contribution >= 0.6 is 15.9 Å². The molecule has 224 valence electrons. The zero-order valence-electron chi connectivity index (χ0n) is 25.6. The summed E-state index contributed by atoms with van der Waals surface area (Å²) in [5, 5.41) is 0. The van der Waals surface area contributed by atoms with Crippen LogP contribution in [0.5, 0.6) is 11.5 Å². The number of hydrogen-bond acceptors (Lipinski definition) is 6. The van der Waals surface area contributed by atoms with Gasteiger partial charge in [0, 0.05) is 66.0 Å². The number of ketones is 2. The predicted octanol–water partition coefficient (Wildman–Crippen LogP) is 7.76. The van der Waals surface area contributed by atoms with E-state index >= 15 is 0 Å². The van der Waals surface area contributed by atoms with Gasteiger partial charge in [0.05, 0.1) is 7.11 Å². The van der Waals surface area contributed by atoms with E-state index in [9.17, 15) is 9.59 Å². The third-order valence-corrected chi connectivity index (χ3v) is 9.11. The van der Waals surface area contributed by atoms with Gasteiger partial charge in [0.15, 0.2) is 23.1 Å². The molecule has 0 N–H and O–H groups in total. The summed E-state index contributed by atoms with van der Waals surface area (Å²) < 4.78 is 18.4. The summed E-state index contributed by atoms with van der Waals surface area (Å²) in [6.45, 7) is 10.4. The van der Waals surface area contributed by atoms with Gasteiger partial charge in [-0.15, -0.1) is 0 Å². The Kier molecular flexibility index (Phi) is 8.73. The largest absolute Gasteiger partial charge is 0.493 e. The Hall–Kier alpha value is -2.90. The van der Waals surface area contributed by atoms with Crippen LogP contribution in [0.3, 0.4) is 0 Å². The van der Waals surface area contributed by atoms with Gasteiger partial charge in [-0.2, -0.15) is 0 Å². The predicted molar refractivity (Wildman–Crippen MR) is 168 cm³/mol. The van der Waals surface area contributed by atoms with Crippen molar-refractivity contribution in [2.24, 2.45) is 10.8 Å². The highest BCUT2D eigenvalue weighted by molar-refractivity contribution is 9.10. The molecule has 3 aliphatic rings. The van der Waals surface area contributed by atoms with Crippen LogP contribution in [0.25, 0.3) is 0 Å². The number of rotatable bonds is 9. The van der Waals surface area contributed by atoms with Crippen LogP contribution in [0.15, 0.2) is 69.5 Å². The fourth-order valence-electron chi connectivity index (χ4n) is 6.74. The lowest BCUT2D eigenvalue weighted by Crippen LogP contribution is -2.44. The van der Waals surface area contributed by atoms with E-state index in [0.29, 0.717) is 37.6 Å². The van der Waals surface area contributed by atoms with Gasteiger partial charge in [-0.1, -0.05) is 61.8 Å². The van der Waals surface area contributed by atoms with E-state index in [1.807, 2.05) is 42.5 Å². The molecule has 0 aromatic heterocycles. The number of hydrogen-bond donors (Lipinski definition) is 0. The molecule has 0 fully saturated rings. The minimum Gasteiger partial charge on any atom is -0.493 e. The average molecular weight is 637 g/mol. The summed E-state index contributed by atoms with van der Waals surface area (Å²) in [5.41, 5.74) is 5.28. The first-order valence-electron chi connectivity index (χ1n) is 14.8. The van der Waals surface area contributed by atoms with Crippen LogP contribution in [0.4, 0.5) is 0 Å². The molecule has 0 unspecified atom stereocenters. The lowest BCUT2D eigenvalue weighted by Gasteiger charge is -2.49. The van der Waals surface area contributed by atoms with Gasteiger partial charge in [-0.25, -0.2) is 0 Å². The zero-order valence-corrected chi connectivity index (χ0v) is 27.2. The Morgan fingerprint density at radius 3 is 1.98 bits per heavy atom. The molecule has 7 heteroatoms. The number of benzene rings is 2. The number of Topliss-reactive ketones (excluding diaryl/α,β-unsaturated/α-hetero) is 2. The van der Waals surface area contributed by atoms with Gasteiger partial charge in [-0.05, 0) is 65.5 Å². The Morgan fingerprint density at radius 2 is 1.43 bits per heavy atom. The number of methoxy groups -OCH3 is 2. The van der Waals surface area contributed by atoms with E-state index in [1.165, 1.54) is 0 Å². The molecule has 0 amide bonds. The molecular formula is C35H42BrNO5. The number of carbonyl (C=O) groups is 2. The quantitative estimate of drug-likeness (QED) is 0.262. The third-order valence-electron chi connectivity index (χ3n) is 8.58. The molecule has 1 heterocycles. The SMILES string of the molecule is COCCCN1C2=C(C(=O)CC(C)(C)C2)C(c2ccc(OCc3ccc(Br)cc3)c(OC)c2)C2=C1CC(C)(C)CC2=O. The smallest absolute Gasteiger partial charge is 0.162 e. The molecule has 42 heavy (non-hydrogen) atoms. The molecule has 0 saturated heterocycles. The van der Waals surface area contributed by atoms with Gasteiger partial charge in [0.25, 0.3) is 0 Å². The number of carbonyl (C=O) groups excluding carboxylic acids is 2. The maximum atomic E-state index is 14.0. The van der Waals surface area contributed by atoms with Crippen LogP contribution in [-0.2, 0) is 20.9 Å². The van der Waals surface area contributed by atoms with Crippen molar-refractivity contribution in [3.05, 3.63) is 80.6 Å². The van der Waals surface area contributed by atoms with Crippen molar-refractivity contribution in [2.45, 2.75) is 72.3 Å². The molecule has 0 bridgehead atoms. The van der Waals surface area contributed by atoms with Gasteiger partial charge in [-0.3, -0.25) is 9.59 Å². The van der Waals surface area contributed by atoms with Crippen LogP contribution in [-0.4, -0.2) is 43.8 Å². The van der Waals surface area contributed by atoms with E-state index in [1.54, 1.807) is 14.2 Å². The first-order valence-corrected chi connectivity index (χ1v) is 15.6. The lowest BCUT2D eigenvalue weighted by atomic mass is 9.63. The second-order valence-corrected chi connectivity index (χ2v) is 14.3. The summed E-state index contributed by atoms with van der Waals surface area (Å²) in [4.78, 5) is 30.3. The molecule has 0 saturated carbocycles. The maximum Gasteiger partial charge on any atom is 0.162 e. The molecule has 0 radical (unpaired) electrons. The average Bonchev–Trinajstić information content (AvgIpc) is 2.91. The van der Waals surface area contributed by atoms with E-state index in [2.05, 4.69) is 48.5 Å². The monoisotopic (exact) mass is 635 g/mol. The fraction of sp³-hybridized carbons (Fsp3) is 0.486. The standard InChI is InChI=1S/C35H42BrNO5/c1-34(2)17-25-32(27(38)19-34)31(33-26(37(25)14-7-15-40-5)18-35(3,4)20-28(33)39)23-10-13-29(30(16-23)41-6)42-21-22-8-11-24(36)12-9-22/h8-13,16,31H,7,14-15,17-21H2,1-6H3. The third kappa shape index (κ3) is 6.23. The molecule has 0 atom stereocenters. The van der Waals surface area contributed by atoms with Crippen molar-refractivity contribution in [3.63, 3.8) is 0 Å². The number of ether oxygens (including phenoxy) is 3. The first kappa shape index (κ1) is 30.6. The normalized spacial score (nSPS) is 20.0. The molecular weight excluding hydrogens is 594 g/mol. The molecule has 5 rings (SSSR count). The molecule has 2 aromatic carbocycles. The highest BCUT2D eigenvalue weighted by Crippen LogP contribution is 2.55. The molecule has 2 aromatic rings. The zero-order chi connectivity index (χ0) is 30.2. The minimum atomic E-state index is -0.421. The summed E-state index contributed by atoms with van der Waals surface area (Å²) in [7, 11) is 3.34. The highest BCUT2D eigenvalue weighted by atomic mass is 79.9. The van der Waals surface area contributed by atoms with Crippen molar-refractivity contribution >= 4 is 27.5 Å². The van der Waals surface area contributed by atoms with Crippen molar-refractivity contribution in [3.8, 4) is 11.5 Å². The minimum absolute atomic E-state index is 0.127. The second kappa shape index (κ2) is 12.0. The van der Waals surface area contributed by atoms with Crippen molar-refractivity contribution in [1.82, 2.24) is 4.90 Å². The van der Waals surface area contributed by atoms with E-state index in [0.717, 1.165) is 63.9 Å². The van der Waals surface area contributed by atoms with Crippen LogP contribution in [0.1, 0.15) is 76.8 Å². The summed E-state index contributed by atoms with van der Waals surface area (Å²) >= 11 is 3.47. The Bertz CT molecular complexity index is 1380. The van der Waals surface area contributed by atoms with Crippen molar-refractivity contribution < 1.29 is 23.8 Å². The van der Waals surface area contributed by atoms with Gasteiger partial charge < -0.3 is 19.1 Å². The topological polar surface area (TPSA) is 65.1 Å². The molecule has 1 aliphatic heterocycles. The van der Waals surface area contributed by atoms with E-state index in [4.69, 9.17) is 14.2 Å². The maximum absolute atomic E-state index is 14.0. The Labute approximate surface area is 258 Å². The van der Waals surface area contributed by atoms with Gasteiger partial charge in [0.1, 0.15) is 6.61 Å². The highest BCUT2D eigenvalue weighted by Gasteiger charge is 2.49. The summed E-state index contributed by atoms with van der Waals surface area (Å²) in [6.07, 6.45) is 3.31. The molecule has 2 aliphatic carbocycles. The first-order chi connectivity index (χ1) is 19.9. The van der Waals surface area contributed by atoms with E-state index in [-0.39, 0.29) is 22.4 Å². The molecule has 0 spiro atoms. The van der Waals surface area contributed by atoms with Crippen LogP contribution in [0, 0.1) is 10.8 Å². The van der Waals surface area contributed by atoms with Gasteiger partial charge in [0.2, 0.25) is 0 Å². The van der Waals surface area contributed by atoms with Crippen LogP contribution < -0.4 is 9.47 Å². The lowest BCUT2D eigenvalue weighted by molar-refractivity contribution is -0.119. The van der Waals surface area contributed by atoms with Crippen molar-refractivity contribution in [1.29, 1.82) is 0 Å².